The molecule has 1 aliphatic carbocycles. The van der Waals surface area contributed by atoms with Crippen LogP contribution in [0.2, 0.25) is 0 Å². The molecule has 1 aromatic heterocycles. The SMILES string of the molecule is Cc1on(C)c1-c1ccc2c(c1)CCN(CC(=O)N1CCN(C3CCC3)CC1)C2. The Balaban J connectivity index is 1.17. The molecule has 0 atom stereocenters. The molecular formula is C23H32N4O2. The van der Waals surface area contributed by atoms with Gasteiger partial charge in [-0.05, 0) is 43.4 Å². The number of carbonyl (C=O) groups is 1. The van der Waals surface area contributed by atoms with Crippen LogP contribution in [0.4, 0.5) is 0 Å². The Bertz CT molecular complexity index is 872. The first-order valence-electron chi connectivity index (χ1n) is 11.1. The second-order valence-electron chi connectivity index (χ2n) is 8.94. The van der Waals surface area contributed by atoms with Crippen LogP contribution in [0.1, 0.15) is 36.1 Å². The molecule has 2 aromatic rings. The van der Waals surface area contributed by atoms with Gasteiger partial charge in [0.15, 0.2) is 5.76 Å². The lowest BCUT2D eigenvalue weighted by Gasteiger charge is -2.43. The third-order valence-electron chi connectivity index (χ3n) is 7.11. The number of aromatic nitrogens is 1. The van der Waals surface area contributed by atoms with Gasteiger partial charge < -0.3 is 9.42 Å². The molecule has 5 rings (SSSR count). The van der Waals surface area contributed by atoms with E-state index in [2.05, 4.69) is 32.9 Å². The van der Waals surface area contributed by atoms with Crippen molar-refractivity contribution in [3.8, 4) is 11.3 Å². The Morgan fingerprint density at radius 2 is 1.90 bits per heavy atom. The number of rotatable bonds is 4. The molecule has 0 radical (unpaired) electrons. The van der Waals surface area contributed by atoms with E-state index in [1.54, 1.807) is 0 Å². The van der Waals surface area contributed by atoms with Crippen LogP contribution in [0.15, 0.2) is 22.7 Å². The third kappa shape index (κ3) is 3.64. The third-order valence-corrected chi connectivity index (χ3v) is 7.11. The van der Waals surface area contributed by atoms with Crippen LogP contribution in [-0.2, 0) is 24.8 Å². The molecule has 2 aliphatic heterocycles. The molecule has 1 amide bonds. The fourth-order valence-electron chi connectivity index (χ4n) is 5.14. The minimum absolute atomic E-state index is 0.298. The van der Waals surface area contributed by atoms with Crippen LogP contribution in [0, 0.1) is 6.92 Å². The molecule has 0 bridgehead atoms. The summed E-state index contributed by atoms with van der Waals surface area (Å²) in [5.41, 5.74) is 5.15. The predicted octanol–water partition coefficient (Wildman–Crippen LogP) is 2.65. The van der Waals surface area contributed by atoms with E-state index in [1.807, 2.05) is 18.7 Å². The summed E-state index contributed by atoms with van der Waals surface area (Å²) < 4.78 is 7.29. The number of nitrogens with zero attached hydrogens (tertiary/aromatic N) is 4. The van der Waals surface area contributed by atoms with Crippen molar-refractivity contribution in [1.82, 2.24) is 19.4 Å². The van der Waals surface area contributed by atoms with Crippen LogP contribution in [-0.4, -0.2) is 70.7 Å². The zero-order valence-electron chi connectivity index (χ0n) is 17.7. The van der Waals surface area contributed by atoms with Crippen molar-refractivity contribution in [3.63, 3.8) is 0 Å². The van der Waals surface area contributed by atoms with E-state index in [4.69, 9.17) is 4.52 Å². The van der Waals surface area contributed by atoms with E-state index >= 15 is 0 Å². The highest BCUT2D eigenvalue weighted by atomic mass is 16.5. The molecule has 2 fully saturated rings. The summed E-state index contributed by atoms with van der Waals surface area (Å²) in [6.07, 6.45) is 5.08. The summed E-state index contributed by atoms with van der Waals surface area (Å²) in [5.74, 6) is 1.28. The summed E-state index contributed by atoms with van der Waals surface area (Å²) in [6.45, 7) is 8.27. The first-order chi connectivity index (χ1) is 14.1. The highest BCUT2D eigenvalue weighted by Gasteiger charge is 2.30. The summed E-state index contributed by atoms with van der Waals surface area (Å²) in [5, 5.41) is 0. The fourth-order valence-corrected chi connectivity index (χ4v) is 5.14. The number of fused-ring (bicyclic) bond motifs is 1. The summed E-state index contributed by atoms with van der Waals surface area (Å²) >= 11 is 0. The van der Waals surface area contributed by atoms with Gasteiger partial charge in [0, 0.05) is 57.9 Å². The van der Waals surface area contributed by atoms with Crippen LogP contribution in [0.5, 0.6) is 0 Å². The topological polar surface area (TPSA) is 44.9 Å². The highest BCUT2D eigenvalue weighted by molar-refractivity contribution is 5.78. The minimum Gasteiger partial charge on any atom is -0.382 e. The smallest absolute Gasteiger partial charge is 0.236 e. The van der Waals surface area contributed by atoms with Gasteiger partial charge in [0.2, 0.25) is 5.91 Å². The average molecular weight is 397 g/mol. The van der Waals surface area contributed by atoms with Gasteiger partial charge >= 0.3 is 0 Å². The minimum atomic E-state index is 0.298. The highest BCUT2D eigenvalue weighted by Crippen LogP contribution is 2.30. The number of aryl methyl sites for hydroxylation is 2. The largest absolute Gasteiger partial charge is 0.382 e. The maximum Gasteiger partial charge on any atom is 0.236 e. The lowest BCUT2D eigenvalue weighted by atomic mass is 9.91. The normalized spacial score (nSPS) is 21.2. The number of hydrogen-bond acceptors (Lipinski definition) is 4. The molecule has 29 heavy (non-hydrogen) atoms. The van der Waals surface area contributed by atoms with Gasteiger partial charge in [0.05, 0.1) is 6.54 Å². The Labute approximate surface area is 173 Å². The molecule has 0 unspecified atom stereocenters. The zero-order valence-corrected chi connectivity index (χ0v) is 17.7. The van der Waals surface area contributed by atoms with E-state index in [9.17, 15) is 4.79 Å². The number of carbonyl (C=O) groups excluding carboxylic acids is 1. The molecular weight excluding hydrogens is 364 g/mol. The van der Waals surface area contributed by atoms with Crippen LogP contribution >= 0.6 is 0 Å². The molecule has 156 valence electrons. The van der Waals surface area contributed by atoms with Crippen molar-refractivity contribution < 1.29 is 9.32 Å². The van der Waals surface area contributed by atoms with Crippen LogP contribution in [0.25, 0.3) is 11.3 Å². The van der Waals surface area contributed by atoms with E-state index in [0.29, 0.717) is 12.5 Å². The van der Waals surface area contributed by atoms with E-state index < -0.39 is 0 Å². The molecule has 3 heterocycles. The van der Waals surface area contributed by atoms with Crippen molar-refractivity contribution in [2.45, 2.75) is 45.2 Å². The molecule has 1 saturated carbocycles. The number of hydrogen-bond donors (Lipinski definition) is 0. The predicted molar refractivity (Wildman–Crippen MR) is 113 cm³/mol. The average Bonchev–Trinajstić information content (AvgIpc) is 2.67. The molecule has 0 spiro atoms. The summed E-state index contributed by atoms with van der Waals surface area (Å²) in [7, 11) is 1.95. The van der Waals surface area contributed by atoms with Gasteiger partial charge in [-0.15, -0.1) is 0 Å². The van der Waals surface area contributed by atoms with Crippen LogP contribution < -0.4 is 0 Å². The monoisotopic (exact) mass is 396 g/mol. The number of amides is 1. The van der Waals surface area contributed by atoms with Crippen molar-refractivity contribution in [1.29, 1.82) is 0 Å². The summed E-state index contributed by atoms with van der Waals surface area (Å²) in [6, 6.07) is 7.50. The van der Waals surface area contributed by atoms with Gasteiger partial charge in [0.25, 0.3) is 0 Å². The van der Waals surface area contributed by atoms with E-state index in [1.165, 1.54) is 41.6 Å². The van der Waals surface area contributed by atoms with Crippen molar-refractivity contribution in [2.75, 3.05) is 39.3 Å². The molecule has 3 aliphatic rings. The number of piperazine rings is 1. The van der Waals surface area contributed by atoms with Crippen molar-refractivity contribution >= 4 is 5.91 Å². The Kier molecular flexibility index (Phi) is 5.00. The quantitative estimate of drug-likeness (QED) is 0.797. The van der Waals surface area contributed by atoms with Gasteiger partial charge in [-0.3, -0.25) is 14.6 Å². The van der Waals surface area contributed by atoms with Gasteiger partial charge in [-0.2, -0.15) is 0 Å². The van der Waals surface area contributed by atoms with Gasteiger partial charge in [0.1, 0.15) is 5.69 Å². The maximum atomic E-state index is 12.8. The number of benzene rings is 1. The molecule has 1 saturated heterocycles. The van der Waals surface area contributed by atoms with E-state index in [0.717, 1.165) is 57.5 Å². The summed E-state index contributed by atoms with van der Waals surface area (Å²) in [4.78, 5) is 19.8. The van der Waals surface area contributed by atoms with Gasteiger partial charge in [-0.25, -0.2) is 4.74 Å². The Hall–Kier alpha value is -2.05. The molecule has 6 nitrogen and oxygen atoms in total. The standard InChI is InChI=1S/C23H32N4O2/c1-17-23(24(2)29-17)19-6-7-20-15-25(9-8-18(20)14-19)16-22(28)27-12-10-26(11-13-27)21-4-3-5-21/h6-7,14,21H,3-5,8-13,15-16H2,1-2H3. The molecule has 1 aromatic carbocycles. The van der Waals surface area contributed by atoms with E-state index in [-0.39, 0.29) is 0 Å². The lowest BCUT2D eigenvalue weighted by molar-refractivity contribution is -0.135. The second kappa shape index (κ2) is 7.65. The molecule has 0 N–H and O–H groups in total. The maximum absolute atomic E-state index is 12.8. The Morgan fingerprint density at radius 1 is 1.10 bits per heavy atom. The first kappa shape index (κ1) is 18.9. The Morgan fingerprint density at radius 3 is 2.55 bits per heavy atom. The molecule has 6 heteroatoms. The van der Waals surface area contributed by atoms with Crippen molar-refractivity contribution in [2.24, 2.45) is 7.05 Å². The second-order valence-corrected chi connectivity index (χ2v) is 8.94. The van der Waals surface area contributed by atoms with Crippen molar-refractivity contribution in [3.05, 3.63) is 35.1 Å². The van der Waals surface area contributed by atoms with Gasteiger partial charge in [-0.1, -0.05) is 18.6 Å². The van der Waals surface area contributed by atoms with Crippen LogP contribution in [0.3, 0.4) is 0 Å². The zero-order chi connectivity index (χ0) is 20.0. The lowest BCUT2D eigenvalue weighted by Crippen LogP contribution is -2.55. The fraction of sp³-hybridized carbons (Fsp3) is 0.609. The first-order valence-corrected chi connectivity index (χ1v) is 11.1.